The number of carbonyl (C=O) groups excluding carboxylic acids is 1. The molecule has 88 valence electrons. The molecule has 2 aromatic rings. The van der Waals surface area contributed by atoms with Crippen LogP contribution in [0.2, 0.25) is 10.3 Å². The Morgan fingerprint density at radius 3 is 2.47 bits per heavy atom. The largest absolute Gasteiger partial charge is 0.456 e. The van der Waals surface area contributed by atoms with E-state index in [1.54, 1.807) is 19.1 Å². The summed E-state index contributed by atoms with van der Waals surface area (Å²) in [4.78, 5) is 19.2. The van der Waals surface area contributed by atoms with Crippen molar-refractivity contribution < 1.29 is 9.21 Å². The van der Waals surface area contributed by atoms with Crippen LogP contribution < -0.4 is 5.32 Å². The summed E-state index contributed by atoms with van der Waals surface area (Å²) in [6.45, 7) is 1.74. The first kappa shape index (κ1) is 11.9. The minimum Gasteiger partial charge on any atom is -0.456 e. The van der Waals surface area contributed by atoms with Crippen molar-refractivity contribution >= 4 is 34.8 Å². The average molecular weight is 272 g/mol. The van der Waals surface area contributed by atoms with Crippen LogP contribution in [0.15, 0.2) is 22.9 Å². The van der Waals surface area contributed by atoms with Gasteiger partial charge in [0.05, 0.1) is 0 Å². The summed E-state index contributed by atoms with van der Waals surface area (Å²) in [5.41, 5.74) is 0.162. The Labute approximate surface area is 107 Å². The van der Waals surface area contributed by atoms with Crippen LogP contribution in [0.4, 0.5) is 5.69 Å². The number of anilines is 1. The second-order valence-corrected chi connectivity index (χ2v) is 3.91. The van der Waals surface area contributed by atoms with Crippen molar-refractivity contribution in [1.82, 2.24) is 9.97 Å². The maximum absolute atomic E-state index is 11.8. The number of aromatic nitrogens is 2. The molecule has 0 unspecified atom stereocenters. The molecule has 7 heteroatoms. The van der Waals surface area contributed by atoms with Gasteiger partial charge in [0, 0.05) is 0 Å². The van der Waals surface area contributed by atoms with Crippen LogP contribution in [0.1, 0.15) is 16.3 Å². The van der Waals surface area contributed by atoms with E-state index >= 15 is 0 Å². The number of nitrogens with zero attached hydrogens (tertiary/aromatic N) is 2. The number of hydrogen-bond donors (Lipinski definition) is 1. The van der Waals surface area contributed by atoms with Crippen LogP contribution in [-0.4, -0.2) is 15.9 Å². The van der Waals surface area contributed by atoms with E-state index in [1.807, 2.05) is 0 Å². The fourth-order valence-electron chi connectivity index (χ4n) is 1.18. The van der Waals surface area contributed by atoms with Gasteiger partial charge in [-0.2, -0.15) is 0 Å². The van der Waals surface area contributed by atoms with Gasteiger partial charge in [0.1, 0.15) is 17.8 Å². The zero-order chi connectivity index (χ0) is 12.4. The molecule has 1 amide bonds. The Bertz CT molecular complexity index is 548. The first-order valence-corrected chi connectivity index (χ1v) is 5.37. The molecule has 0 aliphatic carbocycles. The van der Waals surface area contributed by atoms with Crippen LogP contribution in [0, 0.1) is 6.92 Å². The molecule has 0 radical (unpaired) electrons. The molecule has 1 N–H and O–H groups in total. The zero-order valence-electron chi connectivity index (χ0n) is 8.70. The van der Waals surface area contributed by atoms with E-state index < -0.39 is 5.91 Å². The smallest absolute Gasteiger partial charge is 0.291 e. The number of halogens is 2. The fourth-order valence-corrected chi connectivity index (χ4v) is 1.59. The van der Waals surface area contributed by atoms with Crippen LogP contribution in [0.3, 0.4) is 0 Å². The summed E-state index contributed by atoms with van der Waals surface area (Å²) < 4.78 is 5.16. The van der Waals surface area contributed by atoms with Gasteiger partial charge in [-0.05, 0) is 19.1 Å². The Balaban J connectivity index is 2.24. The number of furan rings is 1. The number of nitrogens with one attached hydrogen (secondary N) is 1. The summed E-state index contributed by atoms with van der Waals surface area (Å²) in [7, 11) is 0. The average Bonchev–Trinajstić information content (AvgIpc) is 2.70. The van der Waals surface area contributed by atoms with Gasteiger partial charge in [0.15, 0.2) is 16.1 Å². The van der Waals surface area contributed by atoms with Crippen molar-refractivity contribution in [2.45, 2.75) is 6.92 Å². The second kappa shape index (κ2) is 4.73. The molecule has 0 aromatic carbocycles. The first-order valence-electron chi connectivity index (χ1n) is 4.61. The molecule has 17 heavy (non-hydrogen) atoms. The molecule has 0 aliphatic rings. The van der Waals surface area contributed by atoms with Crippen LogP contribution in [0.25, 0.3) is 0 Å². The molecule has 0 atom stereocenters. The van der Waals surface area contributed by atoms with Gasteiger partial charge in [-0.15, -0.1) is 0 Å². The van der Waals surface area contributed by atoms with Gasteiger partial charge in [-0.3, -0.25) is 4.79 Å². The van der Waals surface area contributed by atoms with Crippen molar-refractivity contribution in [1.29, 1.82) is 0 Å². The summed E-state index contributed by atoms with van der Waals surface area (Å²) in [6, 6.07) is 3.23. The Hall–Kier alpha value is -1.59. The third-order valence-electron chi connectivity index (χ3n) is 1.96. The topological polar surface area (TPSA) is 68.0 Å². The quantitative estimate of drug-likeness (QED) is 0.853. The highest BCUT2D eigenvalue weighted by atomic mass is 35.5. The fraction of sp³-hybridized carbons (Fsp3) is 0.100. The van der Waals surface area contributed by atoms with E-state index in [4.69, 9.17) is 27.6 Å². The van der Waals surface area contributed by atoms with Gasteiger partial charge in [0.2, 0.25) is 0 Å². The monoisotopic (exact) mass is 271 g/mol. The molecule has 0 fully saturated rings. The summed E-state index contributed by atoms with van der Waals surface area (Å²) in [6.07, 6.45) is 1.21. The van der Waals surface area contributed by atoms with Crippen molar-refractivity contribution in [3.05, 3.63) is 40.3 Å². The Morgan fingerprint density at radius 1 is 1.29 bits per heavy atom. The maximum Gasteiger partial charge on any atom is 0.291 e. The molecule has 5 nitrogen and oxygen atoms in total. The molecule has 2 aromatic heterocycles. The van der Waals surface area contributed by atoms with Crippen molar-refractivity contribution in [2.75, 3.05) is 5.32 Å². The van der Waals surface area contributed by atoms with Gasteiger partial charge < -0.3 is 9.73 Å². The molecule has 0 bridgehead atoms. The molecular weight excluding hydrogens is 265 g/mol. The van der Waals surface area contributed by atoms with E-state index in [2.05, 4.69) is 15.3 Å². The molecule has 0 saturated heterocycles. The lowest BCUT2D eigenvalue weighted by molar-refractivity contribution is 0.0995. The van der Waals surface area contributed by atoms with E-state index in [1.165, 1.54) is 6.33 Å². The molecule has 2 heterocycles. The highest BCUT2D eigenvalue weighted by molar-refractivity contribution is 6.38. The number of carbonyl (C=O) groups is 1. The van der Waals surface area contributed by atoms with Crippen molar-refractivity contribution in [3.63, 3.8) is 0 Å². The highest BCUT2D eigenvalue weighted by Crippen LogP contribution is 2.26. The number of hydrogen-bond acceptors (Lipinski definition) is 4. The van der Waals surface area contributed by atoms with Gasteiger partial charge in [0.25, 0.3) is 5.91 Å². The lowest BCUT2D eigenvalue weighted by atomic mass is 10.4. The molecule has 0 aliphatic heterocycles. The Kier molecular flexibility index (Phi) is 3.31. The third-order valence-corrected chi connectivity index (χ3v) is 2.53. The molecule has 0 saturated carbocycles. The predicted molar refractivity (Wildman–Crippen MR) is 63.5 cm³/mol. The third kappa shape index (κ3) is 2.57. The normalized spacial score (nSPS) is 10.3. The van der Waals surface area contributed by atoms with Crippen molar-refractivity contribution in [2.24, 2.45) is 0 Å². The standard InChI is InChI=1S/C10H7Cl2N3O2/c1-5-2-3-6(17-5)10(16)15-7-8(11)13-4-14-9(7)12/h2-4H,1H3,(H,15,16). The summed E-state index contributed by atoms with van der Waals surface area (Å²) in [5.74, 6) is 0.340. The highest BCUT2D eigenvalue weighted by Gasteiger charge is 2.15. The predicted octanol–water partition coefficient (Wildman–Crippen LogP) is 2.94. The Morgan fingerprint density at radius 2 is 1.94 bits per heavy atom. The first-order chi connectivity index (χ1) is 8.08. The number of rotatable bonds is 2. The van der Waals surface area contributed by atoms with Crippen LogP contribution in [0.5, 0.6) is 0 Å². The van der Waals surface area contributed by atoms with Gasteiger partial charge in [-0.25, -0.2) is 9.97 Å². The van der Waals surface area contributed by atoms with Crippen LogP contribution in [-0.2, 0) is 0 Å². The summed E-state index contributed by atoms with van der Waals surface area (Å²) >= 11 is 11.6. The van der Waals surface area contributed by atoms with Crippen LogP contribution >= 0.6 is 23.2 Å². The molecule has 2 rings (SSSR count). The maximum atomic E-state index is 11.8. The summed E-state index contributed by atoms with van der Waals surface area (Å²) in [5, 5.41) is 2.63. The minimum atomic E-state index is -0.461. The van der Waals surface area contributed by atoms with E-state index in [0.29, 0.717) is 5.76 Å². The lowest BCUT2D eigenvalue weighted by Crippen LogP contribution is -2.12. The number of aryl methyl sites for hydroxylation is 1. The minimum absolute atomic E-state index is 0.0710. The SMILES string of the molecule is Cc1ccc(C(=O)Nc2c(Cl)ncnc2Cl)o1. The molecule has 0 spiro atoms. The van der Waals surface area contributed by atoms with Crippen molar-refractivity contribution in [3.8, 4) is 0 Å². The second-order valence-electron chi connectivity index (χ2n) is 3.19. The van der Waals surface area contributed by atoms with Gasteiger partial charge >= 0.3 is 0 Å². The molecular formula is C10H7Cl2N3O2. The zero-order valence-corrected chi connectivity index (χ0v) is 10.2. The number of amides is 1. The van der Waals surface area contributed by atoms with E-state index in [-0.39, 0.29) is 21.8 Å². The van der Waals surface area contributed by atoms with E-state index in [0.717, 1.165) is 0 Å². The lowest BCUT2D eigenvalue weighted by Gasteiger charge is -2.05. The van der Waals surface area contributed by atoms with E-state index in [9.17, 15) is 4.79 Å². The van der Waals surface area contributed by atoms with Gasteiger partial charge in [-0.1, -0.05) is 23.2 Å².